The minimum absolute atomic E-state index is 0.328. The van der Waals surface area contributed by atoms with E-state index in [1.807, 2.05) is 18.2 Å². The number of carbonyl (C=O) groups is 2. The van der Waals surface area contributed by atoms with Gasteiger partial charge in [-0.3, -0.25) is 19.3 Å². The highest BCUT2D eigenvalue weighted by Gasteiger charge is 2.26. The molecule has 4 rings (SSSR count). The maximum atomic E-state index is 13.5. The van der Waals surface area contributed by atoms with E-state index in [0.29, 0.717) is 28.2 Å². The third-order valence-electron chi connectivity index (χ3n) is 5.12. The van der Waals surface area contributed by atoms with E-state index < -0.39 is 11.9 Å². The zero-order valence-corrected chi connectivity index (χ0v) is 18.1. The predicted octanol–water partition coefficient (Wildman–Crippen LogP) is 4.10. The van der Waals surface area contributed by atoms with Crippen molar-refractivity contribution in [2.24, 2.45) is 7.05 Å². The molecule has 1 atom stereocenters. The Kier molecular flexibility index (Phi) is 6.26. The predicted molar refractivity (Wildman–Crippen MR) is 123 cm³/mol. The maximum absolute atomic E-state index is 13.5. The molecule has 8 heteroatoms. The first-order valence-electron chi connectivity index (χ1n) is 10.3. The zero-order chi connectivity index (χ0) is 23.4. The molecule has 33 heavy (non-hydrogen) atoms. The quantitative estimate of drug-likeness (QED) is 0.470. The van der Waals surface area contributed by atoms with Crippen LogP contribution in [0, 0.1) is 5.82 Å². The molecule has 2 aromatic carbocycles. The third kappa shape index (κ3) is 4.79. The van der Waals surface area contributed by atoms with E-state index in [9.17, 15) is 14.0 Å². The number of nitrogens with zero attached hydrogens (tertiary/aromatic N) is 3. The summed E-state index contributed by atoms with van der Waals surface area (Å²) < 4.78 is 15.1. The molecule has 0 aliphatic carbocycles. The molecule has 0 spiro atoms. The number of carbonyl (C=O) groups excluding carboxylic acids is 2. The van der Waals surface area contributed by atoms with E-state index in [2.05, 4.69) is 20.7 Å². The average molecular weight is 443 g/mol. The Morgan fingerprint density at radius 2 is 1.61 bits per heavy atom. The van der Waals surface area contributed by atoms with E-state index in [1.165, 1.54) is 19.1 Å². The van der Waals surface area contributed by atoms with Crippen molar-refractivity contribution in [2.45, 2.75) is 13.0 Å². The lowest BCUT2D eigenvalue weighted by atomic mass is 10.0. The number of nitrogens with one attached hydrogen (secondary N) is 2. The van der Waals surface area contributed by atoms with Gasteiger partial charge < -0.3 is 10.6 Å². The van der Waals surface area contributed by atoms with E-state index in [0.717, 1.165) is 5.56 Å². The fourth-order valence-electron chi connectivity index (χ4n) is 3.61. The molecule has 0 aliphatic heterocycles. The molecular weight excluding hydrogens is 421 g/mol. The van der Waals surface area contributed by atoms with E-state index in [4.69, 9.17) is 0 Å². The van der Waals surface area contributed by atoms with Crippen LogP contribution in [0.15, 0.2) is 79.1 Å². The second kappa shape index (κ2) is 9.44. The first-order valence-corrected chi connectivity index (χ1v) is 10.3. The van der Waals surface area contributed by atoms with Gasteiger partial charge in [0.25, 0.3) is 5.91 Å². The Labute approximate surface area is 190 Å². The summed E-state index contributed by atoms with van der Waals surface area (Å²) in [6.07, 6.45) is 3.29. The first kappa shape index (κ1) is 21.9. The highest BCUT2D eigenvalue weighted by atomic mass is 19.1. The van der Waals surface area contributed by atoms with Crippen LogP contribution >= 0.6 is 0 Å². The number of anilines is 1. The molecule has 0 aliphatic rings. The SMILES string of the molecule is CC(=O)NC(C(=O)Nc1c(-c2ccncc2)c(-c2ccc(F)cc2)nn1C)c1ccccc1. The number of benzene rings is 2. The van der Waals surface area contributed by atoms with Gasteiger partial charge in [-0.2, -0.15) is 5.10 Å². The van der Waals surface area contributed by atoms with Gasteiger partial charge in [-0.05, 0) is 47.5 Å². The lowest BCUT2D eigenvalue weighted by molar-refractivity contribution is -0.125. The Morgan fingerprint density at radius 3 is 2.24 bits per heavy atom. The zero-order valence-electron chi connectivity index (χ0n) is 18.1. The number of rotatable bonds is 6. The number of aromatic nitrogens is 3. The fourth-order valence-corrected chi connectivity index (χ4v) is 3.61. The van der Waals surface area contributed by atoms with Crippen molar-refractivity contribution >= 4 is 17.6 Å². The molecule has 0 fully saturated rings. The van der Waals surface area contributed by atoms with E-state index >= 15 is 0 Å². The van der Waals surface area contributed by atoms with Gasteiger partial charge in [-0.25, -0.2) is 4.39 Å². The molecule has 0 saturated carbocycles. The molecule has 0 bridgehead atoms. The van der Waals surface area contributed by atoms with Gasteiger partial charge in [-0.1, -0.05) is 30.3 Å². The summed E-state index contributed by atoms with van der Waals surface area (Å²) in [7, 11) is 1.71. The number of aryl methyl sites for hydroxylation is 1. The van der Waals surface area contributed by atoms with E-state index in [-0.39, 0.29) is 11.7 Å². The van der Waals surface area contributed by atoms with Crippen molar-refractivity contribution < 1.29 is 14.0 Å². The monoisotopic (exact) mass is 443 g/mol. The number of hydrogen-bond acceptors (Lipinski definition) is 4. The fraction of sp³-hybridized carbons (Fsp3) is 0.120. The van der Waals surface area contributed by atoms with Crippen molar-refractivity contribution in [3.05, 3.63) is 90.5 Å². The summed E-state index contributed by atoms with van der Waals surface area (Å²) in [6, 6.07) is 17.7. The van der Waals surface area contributed by atoms with Crippen LogP contribution < -0.4 is 10.6 Å². The third-order valence-corrected chi connectivity index (χ3v) is 5.12. The lowest BCUT2D eigenvalue weighted by Crippen LogP contribution is -2.36. The van der Waals surface area contributed by atoms with Crippen LogP contribution in [-0.4, -0.2) is 26.6 Å². The lowest BCUT2D eigenvalue weighted by Gasteiger charge is -2.19. The molecule has 2 heterocycles. The molecule has 7 nitrogen and oxygen atoms in total. The topological polar surface area (TPSA) is 88.9 Å². The summed E-state index contributed by atoms with van der Waals surface area (Å²) >= 11 is 0. The van der Waals surface area contributed by atoms with Crippen LogP contribution in [-0.2, 0) is 16.6 Å². The van der Waals surface area contributed by atoms with Gasteiger partial charge in [0.2, 0.25) is 5.91 Å². The number of amides is 2. The Morgan fingerprint density at radius 1 is 0.939 bits per heavy atom. The van der Waals surface area contributed by atoms with Gasteiger partial charge in [0.15, 0.2) is 0 Å². The molecule has 0 radical (unpaired) electrons. The smallest absolute Gasteiger partial charge is 0.252 e. The highest BCUT2D eigenvalue weighted by Crippen LogP contribution is 2.37. The molecule has 4 aromatic rings. The second-order valence-electron chi connectivity index (χ2n) is 7.47. The van der Waals surface area contributed by atoms with Gasteiger partial charge in [0, 0.05) is 31.9 Å². The normalized spacial score (nSPS) is 11.6. The minimum Gasteiger partial charge on any atom is -0.341 e. The molecular formula is C25H22FN5O2. The molecule has 2 amide bonds. The number of hydrogen-bond donors (Lipinski definition) is 2. The first-order chi connectivity index (χ1) is 15.9. The Hall–Kier alpha value is -4.33. The van der Waals surface area contributed by atoms with Crippen LogP contribution in [0.5, 0.6) is 0 Å². The molecule has 2 aromatic heterocycles. The maximum Gasteiger partial charge on any atom is 0.252 e. The van der Waals surface area contributed by atoms with Crippen molar-refractivity contribution in [2.75, 3.05) is 5.32 Å². The van der Waals surface area contributed by atoms with E-state index in [1.54, 1.807) is 60.5 Å². The van der Waals surface area contributed by atoms with Crippen LogP contribution in [0.25, 0.3) is 22.4 Å². The minimum atomic E-state index is -0.891. The van der Waals surface area contributed by atoms with Crippen molar-refractivity contribution in [1.29, 1.82) is 0 Å². The Bertz CT molecular complexity index is 1270. The van der Waals surface area contributed by atoms with Gasteiger partial charge in [0.1, 0.15) is 23.4 Å². The Balaban J connectivity index is 1.79. The summed E-state index contributed by atoms with van der Waals surface area (Å²) in [5.41, 5.74) is 3.37. The molecule has 0 saturated heterocycles. The summed E-state index contributed by atoms with van der Waals surface area (Å²) in [5, 5.41) is 10.2. The number of pyridine rings is 1. The van der Waals surface area contributed by atoms with Crippen molar-refractivity contribution in [3.8, 4) is 22.4 Å². The van der Waals surface area contributed by atoms with Crippen LogP contribution in [0.3, 0.4) is 0 Å². The summed E-state index contributed by atoms with van der Waals surface area (Å²) in [4.78, 5) is 29.2. The van der Waals surface area contributed by atoms with Crippen LogP contribution in [0.1, 0.15) is 18.5 Å². The van der Waals surface area contributed by atoms with Crippen molar-refractivity contribution in [3.63, 3.8) is 0 Å². The van der Waals surface area contributed by atoms with Crippen molar-refractivity contribution in [1.82, 2.24) is 20.1 Å². The summed E-state index contributed by atoms with van der Waals surface area (Å²) in [6.45, 7) is 1.36. The summed E-state index contributed by atoms with van der Waals surface area (Å²) in [5.74, 6) is -0.655. The largest absolute Gasteiger partial charge is 0.341 e. The molecule has 166 valence electrons. The van der Waals surface area contributed by atoms with Gasteiger partial charge >= 0.3 is 0 Å². The van der Waals surface area contributed by atoms with Gasteiger partial charge in [-0.15, -0.1) is 0 Å². The average Bonchev–Trinajstić information content (AvgIpc) is 3.14. The molecule has 1 unspecified atom stereocenters. The second-order valence-corrected chi connectivity index (χ2v) is 7.47. The van der Waals surface area contributed by atoms with Crippen LogP contribution in [0.2, 0.25) is 0 Å². The van der Waals surface area contributed by atoms with Gasteiger partial charge in [0.05, 0.1) is 5.56 Å². The standard InChI is InChI=1S/C25H22FN5O2/c1-16(32)28-23(18-6-4-3-5-7-18)25(33)29-24-21(17-12-14-27-15-13-17)22(30-31(24)2)19-8-10-20(26)11-9-19/h3-15,23H,1-2H3,(H,28,32)(H,29,33). The highest BCUT2D eigenvalue weighted by molar-refractivity contribution is 6.02. The molecule has 2 N–H and O–H groups in total. The van der Waals surface area contributed by atoms with Crippen LogP contribution in [0.4, 0.5) is 10.2 Å². The number of halogens is 1.